The lowest BCUT2D eigenvalue weighted by atomic mass is 10.1. The van der Waals surface area contributed by atoms with Crippen molar-refractivity contribution in [2.45, 2.75) is 6.04 Å². The van der Waals surface area contributed by atoms with E-state index in [1.165, 1.54) is 9.13 Å². The second-order valence-corrected chi connectivity index (χ2v) is 4.34. The van der Waals surface area contributed by atoms with E-state index in [1.807, 2.05) is 12.1 Å². The molecule has 1 aromatic rings. The highest BCUT2D eigenvalue weighted by Crippen LogP contribution is 2.24. The van der Waals surface area contributed by atoms with Crippen LogP contribution in [-0.2, 0) is 4.74 Å². The van der Waals surface area contributed by atoms with Gasteiger partial charge in [-0.25, -0.2) is 0 Å². The van der Waals surface area contributed by atoms with Gasteiger partial charge in [0.1, 0.15) is 18.5 Å². The smallest absolute Gasteiger partial charge is 0.121 e. The maximum absolute atomic E-state index is 5.64. The van der Waals surface area contributed by atoms with Crippen molar-refractivity contribution < 1.29 is 4.74 Å². The van der Waals surface area contributed by atoms with Crippen LogP contribution in [0.1, 0.15) is 11.6 Å². The fourth-order valence-corrected chi connectivity index (χ4v) is 2.20. The molecule has 0 bridgehead atoms. The summed E-state index contributed by atoms with van der Waals surface area (Å²) in [6.45, 7) is 1.08. The number of amidine groups is 1. The lowest BCUT2D eigenvalue weighted by molar-refractivity contribution is 0.143. The molecule has 3 nitrogen and oxygen atoms in total. The molecule has 2 rings (SSSR count). The van der Waals surface area contributed by atoms with E-state index < -0.39 is 0 Å². The van der Waals surface area contributed by atoms with Crippen LogP contribution >= 0.6 is 22.6 Å². The van der Waals surface area contributed by atoms with E-state index in [0.717, 1.165) is 0 Å². The first-order valence-corrected chi connectivity index (χ1v) is 5.49. The molecule has 14 heavy (non-hydrogen) atoms. The molecule has 74 valence electrons. The van der Waals surface area contributed by atoms with Gasteiger partial charge in [-0.1, -0.05) is 18.2 Å². The molecular formula is C10H11IN2O. The van der Waals surface area contributed by atoms with Crippen LogP contribution in [0.3, 0.4) is 0 Å². The summed E-state index contributed by atoms with van der Waals surface area (Å²) in [4.78, 5) is 4.38. The summed E-state index contributed by atoms with van der Waals surface area (Å²) in [6.07, 6.45) is 0. The molecule has 1 unspecified atom stereocenters. The average Bonchev–Trinajstić information content (AvgIpc) is 2.18. The summed E-state index contributed by atoms with van der Waals surface area (Å²) < 4.78 is 6.55. The fourth-order valence-electron chi connectivity index (χ4n) is 1.45. The van der Waals surface area contributed by atoms with Gasteiger partial charge in [-0.15, -0.1) is 0 Å². The minimum Gasteiger partial charge on any atom is -0.386 e. The van der Waals surface area contributed by atoms with Crippen molar-refractivity contribution in [3.8, 4) is 0 Å². The molecule has 0 spiro atoms. The summed E-state index contributed by atoms with van der Waals surface area (Å²) in [5, 5.41) is 0. The van der Waals surface area contributed by atoms with Crippen LogP contribution in [-0.4, -0.2) is 19.0 Å². The zero-order chi connectivity index (χ0) is 9.97. The van der Waals surface area contributed by atoms with E-state index in [9.17, 15) is 0 Å². The van der Waals surface area contributed by atoms with Gasteiger partial charge < -0.3 is 10.5 Å². The van der Waals surface area contributed by atoms with Crippen molar-refractivity contribution in [3.63, 3.8) is 0 Å². The van der Waals surface area contributed by atoms with E-state index in [4.69, 9.17) is 10.5 Å². The van der Waals surface area contributed by atoms with Gasteiger partial charge in [-0.3, -0.25) is 4.99 Å². The normalized spacial score (nSPS) is 21.8. The molecule has 1 aliphatic rings. The van der Waals surface area contributed by atoms with E-state index in [1.54, 1.807) is 0 Å². The monoisotopic (exact) mass is 302 g/mol. The maximum atomic E-state index is 5.64. The third-order valence-corrected chi connectivity index (χ3v) is 3.09. The lowest BCUT2D eigenvalue weighted by Crippen LogP contribution is -2.27. The minimum absolute atomic E-state index is 0.0665. The molecule has 4 heteroatoms. The Morgan fingerprint density at radius 2 is 2.21 bits per heavy atom. The molecule has 1 aromatic carbocycles. The first-order valence-electron chi connectivity index (χ1n) is 4.41. The van der Waals surface area contributed by atoms with Crippen molar-refractivity contribution in [3.05, 3.63) is 33.4 Å². The molecule has 0 radical (unpaired) electrons. The number of halogens is 1. The zero-order valence-electron chi connectivity index (χ0n) is 7.61. The summed E-state index contributed by atoms with van der Waals surface area (Å²) in [5.41, 5.74) is 6.83. The van der Waals surface area contributed by atoms with Gasteiger partial charge in [0.05, 0.1) is 6.61 Å². The standard InChI is InChI=1S/C10H11IN2O/c11-8-4-2-1-3-7(8)9-5-14-6-10(12)13-9/h1-4,9H,5-6H2,(H2,12,13). The zero-order valence-corrected chi connectivity index (χ0v) is 9.77. The Morgan fingerprint density at radius 3 is 2.93 bits per heavy atom. The maximum Gasteiger partial charge on any atom is 0.121 e. The highest BCUT2D eigenvalue weighted by atomic mass is 127. The number of ether oxygens (including phenoxy) is 1. The molecule has 0 saturated carbocycles. The van der Waals surface area contributed by atoms with Gasteiger partial charge in [0.15, 0.2) is 0 Å². The summed E-state index contributed by atoms with van der Waals surface area (Å²) in [6, 6.07) is 8.23. The third kappa shape index (κ3) is 2.06. The fraction of sp³-hybridized carbons (Fsp3) is 0.300. The number of rotatable bonds is 1. The molecule has 0 saturated heterocycles. The van der Waals surface area contributed by atoms with Gasteiger partial charge in [-0.05, 0) is 34.2 Å². The molecule has 1 heterocycles. The van der Waals surface area contributed by atoms with Crippen LogP contribution in [0, 0.1) is 3.57 Å². The van der Waals surface area contributed by atoms with Crippen molar-refractivity contribution in [2.24, 2.45) is 10.7 Å². The summed E-state index contributed by atoms with van der Waals surface area (Å²) in [5.74, 6) is 0.584. The van der Waals surface area contributed by atoms with Crippen LogP contribution in [0.25, 0.3) is 0 Å². The van der Waals surface area contributed by atoms with Crippen LogP contribution in [0.5, 0.6) is 0 Å². The number of hydrogen-bond donors (Lipinski definition) is 1. The number of benzene rings is 1. The van der Waals surface area contributed by atoms with Gasteiger partial charge in [0.25, 0.3) is 0 Å². The molecule has 1 aliphatic heterocycles. The van der Waals surface area contributed by atoms with Gasteiger partial charge in [0.2, 0.25) is 0 Å². The van der Waals surface area contributed by atoms with Crippen molar-refractivity contribution in [2.75, 3.05) is 13.2 Å². The Balaban J connectivity index is 2.31. The van der Waals surface area contributed by atoms with Crippen LogP contribution in [0.2, 0.25) is 0 Å². The molecule has 0 fully saturated rings. The number of aliphatic imine (C=N–C) groups is 1. The molecule has 1 atom stereocenters. The average molecular weight is 302 g/mol. The van der Waals surface area contributed by atoms with Crippen molar-refractivity contribution >= 4 is 28.4 Å². The Hall–Kier alpha value is -0.620. The number of nitrogens with two attached hydrogens (primary N) is 1. The molecule has 2 N–H and O–H groups in total. The van der Waals surface area contributed by atoms with E-state index in [2.05, 4.69) is 39.7 Å². The Bertz CT molecular complexity index is 365. The van der Waals surface area contributed by atoms with E-state index in [0.29, 0.717) is 19.0 Å². The van der Waals surface area contributed by atoms with Gasteiger partial charge in [-0.2, -0.15) is 0 Å². The lowest BCUT2D eigenvalue weighted by Gasteiger charge is -2.20. The van der Waals surface area contributed by atoms with Crippen molar-refractivity contribution in [1.29, 1.82) is 0 Å². The first kappa shape index (κ1) is 9.92. The first-order chi connectivity index (χ1) is 6.77. The van der Waals surface area contributed by atoms with Crippen LogP contribution in [0.15, 0.2) is 29.3 Å². The number of hydrogen-bond acceptors (Lipinski definition) is 3. The highest BCUT2D eigenvalue weighted by Gasteiger charge is 2.17. The van der Waals surface area contributed by atoms with Crippen LogP contribution in [0.4, 0.5) is 0 Å². The van der Waals surface area contributed by atoms with Gasteiger partial charge in [0, 0.05) is 3.57 Å². The second-order valence-electron chi connectivity index (χ2n) is 3.17. The van der Waals surface area contributed by atoms with Crippen LogP contribution < -0.4 is 5.73 Å². The predicted octanol–water partition coefficient (Wildman–Crippen LogP) is 1.72. The largest absolute Gasteiger partial charge is 0.386 e. The SMILES string of the molecule is NC1=NC(c2ccccc2I)COC1. The quantitative estimate of drug-likeness (QED) is 0.803. The molecule has 0 aromatic heterocycles. The number of nitrogens with zero attached hydrogens (tertiary/aromatic N) is 1. The second kappa shape index (κ2) is 4.27. The van der Waals surface area contributed by atoms with Gasteiger partial charge >= 0.3 is 0 Å². The molecule has 0 amide bonds. The summed E-state index contributed by atoms with van der Waals surface area (Å²) >= 11 is 2.30. The highest BCUT2D eigenvalue weighted by molar-refractivity contribution is 14.1. The minimum atomic E-state index is 0.0665. The Kier molecular flexibility index (Phi) is 3.02. The molecule has 0 aliphatic carbocycles. The van der Waals surface area contributed by atoms with Crippen molar-refractivity contribution in [1.82, 2.24) is 0 Å². The Morgan fingerprint density at radius 1 is 1.43 bits per heavy atom. The van der Waals surface area contributed by atoms with E-state index in [-0.39, 0.29) is 6.04 Å². The predicted molar refractivity (Wildman–Crippen MR) is 64.3 cm³/mol. The van der Waals surface area contributed by atoms with E-state index >= 15 is 0 Å². The molecular weight excluding hydrogens is 291 g/mol. The topological polar surface area (TPSA) is 47.6 Å². The third-order valence-electron chi connectivity index (χ3n) is 2.11. The summed E-state index contributed by atoms with van der Waals surface area (Å²) in [7, 11) is 0. The Labute approximate surface area is 96.5 Å².